The second-order valence-corrected chi connectivity index (χ2v) is 8.99. The molecule has 3 rings (SSSR count). The molecule has 0 aliphatic heterocycles. The van der Waals surface area contributed by atoms with Crippen molar-refractivity contribution in [2.24, 2.45) is 0 Å². The van der Waals surface area contributed by atoms with Gasteiger partial charge in [-0.1, -0.05) is 59.6 Å². The topological polar surface area (TPSA) is 66.5 Å². The Hall–Kier alpha value is -2.54. The monoisotopic (exact) mass is 448 g/mol. The van der Waals surface area contributed by atoms with Gasteiger partial charge < -0.3 is 5.32 Å². The molecule has 8 heteroatoms. The fraction of sp³-hybridized carbons (Fsp3) is 0.0952. The molecule has 3 aromatic rings. The molecule has 0 aliphatic rings. The van der Waals surface area contributed by atoms with Gasteiger partial charge in [-0.15, -0.1) is 0 Å². The zero-order valence-electron chi connectivity index (χ0n) is 15.5. The summed E-state index contributed by atoms with van der Waals surface area (Å²) < 4.78 is 27.7. The molecule has 0 spiro atoms. The maximum absolute atomic E-state index is 13.3. The number of sulfonamides is 1. The number of rotatable bonds is 6. The first-order chi connectivity index (χ1) is 13.8. The highest BCUT2D eigenvalue weighted by molar-refractivity contribution is 7.92. The SMILES string of the molecule is Cc1ccc(Cl)cc1N(CC(=O)Nc1ccccc1Cl)S(=O)(=O)c1ccccc1. The molecule has 3 aromatic carbocycles. The molecule has 0 fully saturated rings. The van der Waals surface area contributed by atoms with Crippen LogP contribution in [0.5, 0.6) is 0 Å². The molecule has 0 aliphatic carbocycles. The van der Waals surface area contributed by atoms with Crippen molar-refractivity contribution < 1.29 is 13.2 Å². The van der Waals surface area contributed by atoms with Gasteiger partial charge in [0.05, 0.1) is 21.3 Å². The maximum atomic E-state index is 13.3. The summed E-state index contributed by atoms with van der Waals surface area (Å²) in [5.74, 6) is -0.531. The number of para-hydroxylation sites is 1. The van der Waals surface area contributed by atoms with Crippen molar-refractivity contribution in [1.82, 2.24) is 0 Å². The molecule has 0 atom stereocenters. The van der Waals surface area contributed by atoms with Gasteiger partial charge in [0, 0.05) is 5.02 Å². The first-order valence-electron chi connectivity index (χ1n) is 8.67. The van der Waals surface area contributed by atoms with Crippen LogP contribution in [-0.4, -0.2) is 20.9 Å². The van der Waals surface area contributed by atoms with E-state index < -0.39 is 22.5 Å². The first-order valence-corrected chi connectivity index (χ1v) is 10.9. The second-order valence-electron chi connectivity index (χ2n) is 6.28. The van der Waals surface area contributed by atoms with Gasteiger partial charge in [0.1, 0.15) is 6.54 Å². The van der Waals surface area contributed by atoms with Crippen molar-refractivity contribution in [3.63, 3.8) is 0 Å². The summed E-state index contributed by atoms with van der Waals surface area (Å²) in [6, 6.07) is 19.6. The molecular weight excluding hydrogens is 431 g/mol. The Morgan fingerprint density at radius 3 is 2.31 bits per heavy atom. The summed E-state index contributed by atoms with van der Waals surface area (Å²) >= 11 is 12.2. The van der Waals surface area contributed by atoms with Crippen LogP contribution >= 0.6 is 23.2 Å². The molecule has 0 radical (unpaired) electrons. The lowest BCUT2D eigenvalue weighted by Crippen LogP contribution is -2.38. The lowest BCUT2D eigenvalue weighted by Gasteiger charge is -2.26. The van der Waals surface area contributed by atoms with E-state index in [1.54, 1.807) is 61.5 Å². The van der Waals surface area contributed by atoms with Gasteiger partial charge in [0.15, 0.2) is 0 Å². The van der Waals surface area contributed by atoms with Crippen molar-refractivity contribution in [3.05, 3.63) is 88.4 Å². The minimum absolute atomic E-state index is 0.0740. The predicted molar refractivity (Wildman–Crippen MR) is 117 cm³/mol. The van der Waals surface area contributed by atoms with E-state index in [0.29, 0.717) is 27.0 Å². The zero-order valence-corrected chi connectivity index (χ0v) is 17.8. The summed E-state index contributed by atoms with van der Waals surface area (Å²) in [6.07, 6.45) is 0. The smallest absolute Gasteiger partial charge is 0.264 e. The van der Waals surface area contributed by atoms with Crippen LogP contribution in [0.25, 0.3) is 0 Å². The van der Waals surface area contributed by atoms with E-state index in [2.05, 4.69) is 5.32 Å². The van der Waals surface area contributed by atoms with Crippen molar-refractivity contribution >= 4 is 50.5 Å². The van der Waals surface area contributed by atoms with E-state index in [4.69, 9.17) is 23.2 Å². The van der Waals surface area contributed by atoms with Crippen molar-refractivity contribution in [2.45, 2.75) is 11.8 Å². The Morgan fingerprint density at radius 1 is 0.966 bits per heavy atom. The molecular formula is C21H18Cl2N2O3S. The zero-order chi connectivity index (χ0) is 21.0. The van der Waals surface area contributed by atoms with Gasteiger partial charge in [0.25, 0.3) is 10.0 Å². The Labute approximate surface area is 179 Å². The Bertz CT molecular complexity index is 1140. The minimum atomic E-state index is -4.01. The highest BCUT2D eigenvalue weighted by Crippen LogP contribution is 2.30. The molecule has 0 saturated heterocycles. The Kier molecular flexibility index (Phi) is 6.47. The standard InChI is InChI=1S/C21H18Cl2N2O3S/c1-15-11-12-16(22)13-20(15)25(29(27,28)17-7-3-2-4-8-17)14-21(26)24-19-10-6-5-9-18(19)23/h2-13H,14H2,1H3,(H,24,26). The minimum Gasteiger partial charge on any atom is -0.323 e. The third kappa shape index (κ3) is 4.90. The third-order valence-corrected chi connectivity index (χ3v) is 6.54. The van der Waals surface area contributed by atoms with E-state index in [1.165, 1.54) is 18.2 Å². The van der Waals surface area contributed by atoms with Crippen LogP contribution in [0.1, 0.15) is 5.56 Å². The average Bonchev–Trinajstić information content (AvgIpc) is 2.70. The largest absolute Gasteiger partial charge is 0.323 e. The molecule has 0 unspecified atom stereocenters. The van der Waals surface area contributed by atoms with Crippen molar-refractivity contribution in [2.75, 3.05) is 16.2 Å². The van der Waals surface area contributed by atoms with E-state index >= 15 is 0 Å². The Morgan fingerprint density at radius 2 is 1.62 bits per heavy atom. The molecule has 1 amide bonds. The number of hydrogen-bond donors (Lipinski definition) is 1. The van der Waals surface area contributed by atoms with Crippen LogP contribution in [0.4, 0.5) is 11.4 Å². The number of carbonyl (C=O) groups is 1. The number of amides is 1. The number of hydrogen-bond acceptors (Lipinski definition) is 3. The second kappa shape index (κ2) is 8.86. The van der Waals surface area contributed by atoms with Crippen LogP contribution in [-0.2, 0) is 14.8 Å². The van der Waals surface area contributed by atoms with Crippen LogP contribution < -0.4 is 9.62 Å². The average molecular weight is 449 g/mol. The van der Waals surface area contributed by atoms with Crippen LogP contribution in [0, 0.1) is 6.92 Å². The highest BCUT2D eigenvalue weighted by atomic mass is 35.5. The fourth-order valence-electron chi connectivity index (χ4n) is 2.75. The molecule has 0 saturated carbocycles. The van der Waals surface area contributed by atoms with E-state index in [-0.39, 0.29) is 4.90 Å². The summed E-state index contributed by atoms with van der Waals surface area (Å²) in [6.45, 7) is 1.31. The van der Waals surface area contributed by atoms with Crippen molar-refractivity contribution in [1.29, 1.82) is 0 Å². The Balaban J connectivity index is 2.00. The number of benzene rings is 3. The maximum Gasteiger partial charge on any atom is 0.264 e. The lowest BCUT2D eigenvalue weighted by atomic mass is 10.2. The molecule has 29 heavy (non-hydrogen) atoms. The quantitative estimate of drug-likeness (QED) is 0.567. The fourth-order valence-corrected chi connectivity index (χ4v) is 4.60. The van der Waals surface area contributed by atoms with Crippen molar-refractivity contribution in [3.8, 4) is 0 Å². The number of aryl methyl sites for hydroxylation is 1. The summed E-state index contributed by atoms with van der Waals surface area (Å²) in [5.41, 5.74) is 1.40. The first kappa shape index (κ1) is 21.2. The van der Waals surface area contributed by atoms with Crippen LogP contribution in [0.3, 0.4) is 0 Å². The van der Waals surface area contributed by atoms with Gasteiger partial charge in [-0.25, -0.2) is 8.42 Å². The normalized spacial score (nSPS) is 11.1. The van der Waals surface area contributed by atoms with Gasteiger partial charge in [-0.3, -0.25) is 9.10 Å². The highest BCUT2D eigenvalue weighted by Gasteiger charge is 2.28. The number of halogens is 2. The lowest BCUT2D eigenvalue weighted by molar-refractivity contribution is -0.114. The molecule has 1 N–H and O–H groups in total. The number of nitrogens with zero attached hydrogens (tertiary/aromatic N) is 1. The summed E-state index contributed by atoms with van der Waals surface area (Å²) in [7, 11) is -4.01. The van der Waals surface area contributed by atoms with Gasteiger partial charge in [-0.2, -0.15) is 0 Å². The van der Waals surface area contributed by atoms with Gasteiger partial charge in [0.2, 0.25) is 5.91 Å². The predicted octanol–water partition coefficient (Wildman–Crippen LogP) is 5.14. The summed E-state index contributed by atoms with van der Waals surface area (Å²) in [5, 5.41) is 3.38. The molecule has 0 aromatic heterocycles. The van der Waals surface area contributed by atoms with E-state index in [1.807, 2.05) is 0 Å². The number of carbonyl (C=O) groups excluding carboxylic acids is 1. The third-order valence-electron chi connectivity index (χ3n) is 4.21. The molecule has 150 valence electrons. The molecule has 0 heterocycles. The molecule has 0 bridgehead atoms. The number of nitrogens with one attached hydrogen (secondary N) is 1. The number of anilines is 2. The van der Waals surface area contributed by atoms with E-state index in [0.717, 1.165) is 4.31 Å². The van der Waals surface area contributed by atoms with Gasteiger partial charge >= 0.3 is 0 Å². The summed E-state index contributed by atoms with van der Waals surface area (Å²) in [4.78, 5) is 12.8. The molecule has 5 nitrogen and oxygen atoms in total. The van der Waals surface area contributed by atoms with Crippen LogP contribution in [0.2, 0.25) is 10.0 Å². The van der Waals surface area contributed by atoms with Gasteiger partial charge in [-0.05, 0) is 48.9 Å². The van der Waals surface area contributed by atoms with E-state index in [9.17, 15) is 13.2 Å². The van der Waals surface area contributed by atoms with Crippen LogP contribution in [0.15, 0.2) is 77.7 Å².